The Labute approximate surface area is 84.2 Å². The second-order valence-corrected chi connectivity index (χ2v) is 3.62. The van der Waals surface area contributed by atoms with Gasteiger partial charge in [-0.05, 0) is 38.4 Å². The van der Waals surface area contributed by atoms with E-state index in [0.29, 0.717) is 6.04 Å². The van der Waals surface area contributed by atoms with Crippen LogP contribution in [0.4, 0.5) is 5.82 Å². The molecule has 0 saturated carbocycles. The maximum atomic E-state index is 4.16. The summed E-state index contributed by atoms with van der Waals surface area (Å²) in [6.45, 7) is 2.24. The van der Waals surface area contributed by atoms with Crippen LogP contribution >= 0.6 is 0 Å². The SMILES string of the molecule is c1cc(NC2CCCNCC2)ncn1. The van der Waals surface area contributed by atoms with E-state index in [1.54, 1.807) is 12.5 Å². The molecule has 4 heteroatoms. The standard InChI is InChI=1S/C10H16N4/c1-2-9(3-6-11-5-1)14-10-4-7-12-8-13-10/h4,7-9,11H,1-3,5-6H2,(H,12,13,14). The van der Waals surface area contributed by atoms with Crippen molar-refractivity contribution in [3.05, 3.63) is 18.6 Å². The van der Waals surface area contributed by atoms with E-state index >= 15 is 0 Å². The van der Waals surface area contributed by atoms with Crippen molar-refractivity contribution in [2.75, 3.05) is 18.4 Å². The Bertz CT molecular complexity index is 254. The predicted molar refractivity (Wildman–Crippen MR) is 56.2 cm³/mol. The summed E-state index contributed by atoms with van der Waals surface area (Å²) in [5, 5.41) is 6.82. The highest BCUT2D eigenvalue weighted by atomic mass is 15.0. The highest BCUT2D eigenvalue weighted by Gasteiger charge is 2.11. The number of nitrogens with one attached hydrogen (secondary N) is 2. The van der Waals surface area contributed by atoms with Gasteiger partial charge in [0.15, 0.2) is 0 Å². The molecule has 1 fully saturated rings. The second-order valence-electron chi connectivity index (χ2n) is 3.62. The summed E-state index contributed by atoms with van der Waals surface area (Å²) in [7, 11) is 0. The molecule has 1 saturated heterocycles. The predicted octanol–water partition coefficient (Wildman–Crippen LogP) is 1.03. The second kappa shape index (κ2) is 4.91. The van der Waals surface area contributed by atoms with E-state index in [4.69, 9.17) is 0 Å². The van der Waals surface area contributed by atoms with Crippen LogP contribution in [0, 0.1) is 0 Å². The quantitative estimate of drug-likeness (QED) is 0.735. The Morgan fingerprint density at radius 3 is 3.21 bits per heavy atom. The zero-order valence-electron chi connectivity index (χ0n) is 8.24. The molecule has 2 N–H and O–H groups in total. The lowest BCUT2D eigenvalue weighted by molar-refractivity contribution is 0.635. The molecule has 0 aromatic carbocycles. The molecule has 0 spiro atoms. The molecule has 14 heavy (non-hydrogen) atoms. The van der Waals surface area contributed by atoms with Crippen molar-refractivity contribution in [3.63, 3.8) is 0 Å². The molecule has 1 unspecified atom stereocenters. The van der Waals surface area contributed by atoms with Gasteiger partial charge in [-0.1, -0.05) is 0 Å². The van der Waals surface area contributed by atoms with Gasteiger partial charge in [-0.25, -0.2) is 9.97 Å². The Morgan fingerprint density at radius 2 is 2.36 bits per heavy atom. The van der Waals surface area contributed by atoms with Crippen LogP contribution in [-0.4, -0.2) is 29.1 Å². The highest BCUT2D eigenvalue weighted by Crippen LogP contribution is 2.10. The Balaban J connectivity index is 1.90. The molecule has 1 aliphatic heterocycles. The molecule has 0 amide bonds. The lowest BCUT2D eigenvalue weighted by Gasteiger charge is -2.15. The monoisotopic (exact) mass is 192 g/mol. The van der Waals surface area contributed by atoms with Crippen LogP contribution in [0.5, 0.6) is 0 Å². The Kier molecular flexibility index (Phi) is 3.29. The van der Waals surface area contributed by atoms with Crippen LogP contribution in [0.2, 0.25) is 0 Å². The summed E-state index contributed by atoms with van der Waals surface area (Å²) in [5.41, 5.74) is 0. The summed E-state index contributed by atoms with van der Waals surface area (Å²) < 4.78 is 0. The minimum absolute atomic E-state index is 0.555. The fourth-order valence-electron chi connectivity index (χ4n) is 1.75. The van der Waals surface area contributed by atoms with Crippen LogP contribution in [0.3, 0.4) is 0 Å². The van der Waals surface area contributed by atoms with Crippen molar-refractivity contribution in [2.45, 2.75) is 25.3 Å². The van der Waals surface area contributed by atoms with Gasteiger partial charge in [-0.2, -0.15) is 0 Å². The van der Waals surface area contributed by atoms with E-state index in [1.165, 1.54) is 19.3 Å². The van der Waals surface area contributed by atoms with Crippen LogP contribution < -0.4 is 10.6 Å². The van der Waals surface area contributed by atoms with E-state index in [-0.39, 0.29) is 0 Å². The third kappa shape index (κ3) is 2.67. The summed E-state index contributed by atoms with van der Waals surface area (Å²) >= 11 is 0. The maximum Gasteiger partial charge on any atom is 0.129 e. The maximum absolute atomic E-state index is 4.16. The van der Waals surface area contributed by atoms with E-state index in [0.717, 1.165) is 18.9 Å². The normalized spacial score (nSPS) is 22.7. The molecule has 0 radical (unpaired) electrons. The first-order chi connectivity index (χ1) is 6.95. The van der Waals surface area contributed by atoms with Gasteiger partial charge >= 0.3 is 0 Å². The van der Waals surface area contributed by atoms with E-state index < -0.39 is 0 Å². The van der Waals surface area contributed by atoms with Gasteiger partial charge in [0.05, 0.1) is 0 Å². The first-order valence-electron chi connectivity index (χ1n) is 5.18. The Hall–Kier alpha value is -1.16. The minimum Gasteiger partial charge on any atom is -0.367 e. The average molecular weight is 192 g/mol. The van der Waals surface area contributed by atoms with Crippen LogP contribution in [-0.2, 0) is 0 Å². The molecular formula is C10H16N4. The van der Waals surface area contributed by atoms with Gasteiger partial charge in [0, 0.05) is 12.2 Å². The van der Waals surface area contributed by atoms with Crippen molar-refractivity contribution < 1.29 is 0 Å². The van der Waals surface area contributed by atoms with Crippen molar-refractivity contribution >= 4 is 5.82 Å². The van der Waals surface area contributed by atoms with Gasteiger partial charge in [0.2, 0.25) is 0 Å². The molecule has 4 nitrogen and oxygen atoms in total. The molecule has 1 aromatic rings. The molecule has 1 aliphatic rings. The van der Waals surface area contributed by atoms with E-state index in [2.05, 4.69) is 20.6 Å². The minimum atomic E-state index is 0.555. The zero-order valence-corrected chi connectivity index (χ0v) is 8.24. The van der Waals surface area contributed by atoms with E-state index in [9.17, 15) is 0 Å². The first-order valence-corrected chi connectivity index (χ1v) is 5.18. The molecular weight excluding hydrogens is 176 g/mol. The fraction of sp³-hybridized carbons (Fsp3) is 0.600. The van der Waals surface area contributed by atoms with Gasteiger partial charge in [-0.3, -0.25) is 0 Å². The largest absolute Gasteiger partial charge is 0.367 e. The molecule has 0 aliphatic carbocycles. The van der Waals surface area contributed by atoms with Crippen LogP contribution in [0.15, 0.2) is 18.6 Å². The molecule has 2 rings (SSSR count). The van der Waals surface area contributed by atoms with Gasteiger partial charge < -0.3 is 10.6 Å². The number of nitrogens with zero attached hydrogens (tertiary/aromatic N) is 2. The van der Waals surface area contributed by atoms with Crippen LogP contribution in [0.1, 0.15) is 19.3 Å². The van der Waals surface area contributed by atoms with Gasteiger partial charge in [0.1, 0.15) is 12.1 Å². The lowest BCUT2D eigenvalue weighted by atomic mass is 10.1. The summed E-state index contributed by atoms with van der Waals surface area (Å²) in [4.78, 5) is 8.05. The molecule has 76 valence electrons. The smallest absolute Gasteiger partial charge is 0.129 e. The fourth-order valence-corrected chi connectivity index (χ4v) is 1.75. The lowest BCUT2D eigenvalue weighted by Crippen LogP contribution is -2.21. The van der Waals surface area contributed by atoms with Gasteiger partial charge in [-0.15, -0.1) is 0 Å². The summed E-state index contributed by atoms with van der Waals surface area (Å²) in [6.07, 6.45) is 6.98. The van der Waals surface area contributed by atoms with Crippen molar-refractivity contribution in [2.24, 2.45) is 0 Å². The number of aromatic nitrogens is 2. The number of hydrogen-bond donors (Lipinski definition) is 2. The number of hydrogen-bond acceptors (Lipinski definition) is 4. The third-order valence-corrected chi connectivity index (χ3v) is 2.51. The molecule has 0 bridgehead atoms. The average Bonchev–Trinajstić information content (AvgIpc) is 2.48. The van der Waals surface area contributed by atoms with Crippen LogP contribution in [0.25, 0.3) is 0 Å². The summed E-state index contributed by atoms with van der Waals surface area (Å²) in [5.74, 6) is 0.937. The topological polar surface area (TPSA) is 49.8 Å². The number of rotatable bonds is 2. The zero-order chi connectivity index (χ0) is 9.64. The molecule has 1 atom stereocenters. The van der Waals surface area contributed by atoms with Crippen molar-refractivity contribution in [3.8, 4) is 0 Å². The van der Waals surface area contributed by atoms with Gasteiger partial charge in [0.25, 0.3) is 0 Å². The van der Waals surface area contributed by atoms with Crippen molar-refractivity contribution in [1.82, 2.24) is 15.3 Å². The number of anilines is 1. The third-order valence-electron chi connectivity index (χ3n) is 2.51. The Morgan fingerprint density at radius 1 is 1.36 bits per heavy atom. The molecule has 1 aromatic heterocycles. The molecule has 2 heterocycles. The van der Waals surface area contributed by atoms with Crippen molar-refractivity contribution in [1.29, 1.82) is 0 Å². The highest BCUT2D eigenvalue weighted by molar-refractivity contribution is 5.32. The van der Waals surface area contributed by atoms with E-state index in [1.807, 2.05) is 6.07 Å². The first kappa shape index (κ1) is 9.40. The summed E-state index contributed by atoms with van der Waals surface area (Å²) in [6, 6.07) is 2.47.